The summed E-state index contributed by atoms with van der Waals surface area (Å²) in [6, 6.07) is 68.0. The van der Waals surface area contributed by atoms with Crippen LogP contribution in [0.5, 0.6) is 0 Å². The average Bonchev–Trinajstić information content (AvgIpc) is 1.42. The molecule has 0 radical (unpaired) electrons. The highest BCUT2D eigenvalue weighted by molar-refractivity contribution is 8.00. The van der Waals surface area contributed by atoms with Gasteiger partial charge in [0.15, 0.2) is 0 Å². The van der Waals surface area contributed by atoms with Crippen molar-refractivity contribution in [2.75, 3.05) is 9.80 Å². The van der Waals surface area contributed by atoms with E-state index in [-0.39, 0.29) is 111 Å². The molecule has 2 aromatic heterocycles. The molecule has 0 atom stereocenters. The molecule has 0 fully saturated rings. The van der Waals surface area contributed by atoms with Gasteiger partial charge in [-0.3, -0.25) is 0 Å². The van der Waals surface area contributed by atoms with E-state index in [9.17, 15) is 27.4 Å². The lowest BCUT2D eigenvalue weighted by atomic mass is 9.29. The molecule has 25 rings (SSSR count). The minimum atomic E-state index is -1.40. The fourth-order valence-corrected chi connectivity index (χ4v) is 22.9. The van der Waals surface area contributed by atoms with E-state index in [0.29, 0.717) is 93.7 Å². The lowest BCUT2D eigenvalue weighted by Crippen LogP contribution is -2.68. The van der Waals surface area contributed by atoms with Gasteiger partial charge in [0, 0.05) is 109 Å². The number of benzene rings is 17. The first-order valence-electron chi connectivity index (χ1n) is 51.9. The topological polar surface area (TPSA) is 16.3 Å². The number of para-hydroxylation sites is 2. The number of hydrogen-bond acceptors (Lipinski definition) is 4. The Kier molecular flexibility index (Phi) is 11.9. The number of rotatable bonds is 8. The van der Waals surface area contributed by atoms with E-state index in [1.165, 1.54) is 0 Å². The summed E-state index contributed by atoms with van der Waals surface area (Å²) in [6.45, 7) is 15.7. The lowest BCUT2D eigenvalue weighted by molar-refractivity contribution is 0.590. The van der Waals surface area contributed by atoms with Crippen molar-refractivity contribution >= 4 is 171 Å². The molecule has 0 N–H and O–H groups in total. The van der Waals surface area contributed by atoms with Gasteiger partial charge < -0.3 is 18.9 Å². The summed E-state index contributed by atoms with van der Waals surface area (Å²) in [7, 11) is 0. The quantitative estimate of drug-likeness (QED) is 0.141. The monoisotopic (exact) mass is 1630 g/mol. The van der Waals surface area contributed by atoms with Gasteiger partial charge in [-0.15, -0.1) is 0 Å². The van der Waals surface area contributed by atoms with Crippen LogP contribution < -0.4 is 59.0 Å². The van der Waals surface area contributed by atoms with Crippen LogP contribution in [0.2, 0.25) is 0 Å². The maximum atomic E-state index is 11.3. The number of nitrogens with zero attached hydrogens (tertiary/aromatic N) is 4. The molecule has 582 valence electrons. The van der Waals surface area contributed by atoms with Gasteiger partial charge in [-0.25, -0.2) is 0 Å². The van der Waals surface area contributed by atoms with Crippen LogP contribution in [0, 0.1) is 0 Å². The maximum Gasteiger partial charge on any atom is 0.255 e. The van der Waals surface area contributed by atoms with Crippen molar-refractivity contribution < 1.29 is 27.4 Å². The molecule has 17 aromatic carbocycles. The molecule has 4 nitrogen and oxygen atoms in total. The Morgan fingerprint density at radius 2 is 0.569 bits per heavy atom. The Morgan fingerprint density at radius 3 is 0.919 bits per heavy atom. The van der Waals surface area contributed by atoms with E-state index in [0.717, 1.165) is 84.7 Å². The number of hydrogen-bond donors (Lipinski definition) is 0. The summed E-state index contributed by atoms with van der Waals surface area (Å²) in [5.41, 5.74) is 16.0. The first-order valence-corrected chi connectivity index (χ1v) is 43.6. The zero-order valence-electron chi connectivity index (χ0n) is 88.8. The van der Waals surface area contributed by atoms with E-state index in [1.54, 1.807) is 57.7 Å². The van der Waals surface area contributed by atoms with E-state index < -0.39 is 133 Å². The second-order valence-electron chi connectivity index (χ2n) is 36.2. The summed E-state index contributed by atoms with van der Waals surface area (Å²) >= 11 is 2.29. The highest BCUT2D eigenvalue weighted by atomic mass is 32.2. The summed E-state index contributed by atoms with van der Waals surface area (Å²) < 4.78 is 212. The molecule has 8 heterocycles. The van der Waals surface area contributed by atoms with E-state index in [4.69, 9.17) is 0 Å². The van der Waals surface area contributed by atoms with Crippen LogP contribution >= 0.6 is 23.5 Å². The normalized spacial score (nSPS) is 16.0. The minimum absolute atomic E-state index is 0.00889. The van der Waals surface area contributed by atoms with E-state index in [1.807, 2.05) is 84.9 Å². The molecular weight excluding hydrogens is 1520 g/mol. The summed E-state index contributed by atoms with van der Waals surface area (Å²) in [5.74, 6) is 0. The standard InChI is InChI=1S/C114H85B3N4S2/c1-112(2,3)76-60-81(70-40-20-12-21-41-70)106(82(61-76)71-42-22-13-23-43-71)120-93-64-78(114(7,8)9)65-94-101(93)117(104-97(120)66-95-102-110(104)122-99-54-34-30-50-87(99)115(102)89-58-74(68-36-16-10-17-37-68)56-85-79-48-28-32-52-91(79)118(95)108(85)89)105-98(121(94)107-83(72-44-24-14-25-45-72)62-77(113(4,5)6)63-84(107)73-46-26-15-27-47-73)67-96-103-111(105)123-100-55-35-31-51-88(100)116(103)90-59-75(69-38-18-11-19-39-69)57-86-80-49-29-33-53-92(80)119(96)109(86)90/h10-67H,1-9H3/i28D,29D,30D,31D,32D,33D,34D,35D,48D,49D,50D,51D,52D,53D,54D,55D,56D,57D,58D,59D. The summed E-state index contributed by atoms with van der Waals surface area (Å²) in [4.78, 5) is 5.77. The summed E-state index contributed by atoms with van der Waals surface area (Å²) in [5, 5.41) is 0.159. The van der Waals surface area contributed by atoms with Crippen LogP contribution in [-0.4, -0.2) is 29.3 Å². The Labute approximate surface area is 756 Å². The van der Waals surface area contributed by atoms with E-state index in [2.05, 4.69) is 169 Å². The minimum Gasteiger partial charge on any atom is -0.310 e. The smallest absolute Gasteiger partial charge is 0.255 e. The molecular formula is C114H85B3N4S2. The van der Waals surface area contributed by atoms with Crippen molar-refractivity contribution in [2.24, 2.45) is 0 Å². The van der Waals surface area contributed by atoms with Crippen molar-refractivity contribution in [1.82, 2.24) is 9.13 Å². The highest BCUT2D eigenvalue weighted by Crippen LogP contribution is 2.58. The molecule has 0 saturated carbocycles. The van der Waals surface area contributed by atoms with Crippen molar-refractivity contribution in [3.8, 4) is 78.1 Å². The molecule has 9 heteroatoms. The number of fused-ring (bicyclic) bond motifs is 20. The molecule has 0 unspecified atom stereocenters. The third-order valence-corrected chi connectivity index (χ3v) is 28.4. The number of aromatic nitrogens is 2. The highest BCUT2D eigenvalue weighted by Gasteiger charge is 2.54. The molecule has 19 aromatic rings. The largest absolute Gasteiger partial charge is 0.310 e. The van der Waals surface area contributed by atoms with Gasteiger partial charge in [-0.1, -0.05) is 363 Å². The molecule has 123 heavy (non-hydrogen) atoms. The first-order chi connectivity index (χ1) is 68.3. The summed E-state index contributed by atoms with van der Waals surface area (Å²) in [6.07, 6.45) is 0. The molecule has 0 saturated heterocycles. The third-order valence-electron chi connectivity index (χ3n) is 26.0. The fraction of sp³-hybridized carbons (Fsp3) is 0.105. The van der Waals surface area contributed by atoms with Gasteiger partial charge in [0.1, 0.15) is 0 Å². The van der Waals surface area contributed by atoms with Gasteiger partial charge in [0.25, 0.3) is 6.71 Å². The van der Waals surface area contributed by atoms with Crippen LogP contribution in [0.4, 0.5) is 34.1 Å². The zero-order valence-corrected chi connectivity index (χ0v) is 70.4. The van der Waals surface area contributed by atoms with E-state index >= 15 is 0 Å². The predicted molar refractivity (Wildman–Crippen MR) is 528 cm³/mol. The Balaban J connectivity index is 0.982. The predicted octanol–water partition coefficient (Wildman–Crippen LogP) is 24.4. The zero-order chi connectivity index (χ0) is 99.8. The molecule has 0 spiro atoms. The second kappa shape index (κ2) is 26.7. The average molecular weight is 1630 g/mol. The van der Waals surface area contributed by atoms with Crippen LogP contribution in [0.3, 0.4) is 0 Å². The first kappa shape index (κ1) is 55.0. The fourth-order valence-electron chi connectivity index (χ4n) is 20.4. The van der Waals surface area contributed by atoms with Crippen molar-refractivity contribution in [1.29, 1.82) is 0 Å². The molecule has 6 aliphatic rings. The molecule has 6 aliphatic heterocycles. The second-order valence-corrected chi connectivity index (χ2v) is 38.2. The lowest BCUT2D eigenvalue weighted by Gasteiger charge is -2.49. The van der Waals surface area contributed by atoms with Crippen molar-refractivity contribution in [2.45, 2.75) is 98.1 Å². The molecule has 0 amide bonds. The van der Waals surface area contributed by atoms with Crippen molar-refractivity contribution in [3.05, 3.63) is 368 Å². The van der Waals surface area contributed by atoms with Gasteiger partial charge in [-0.2, -0.15) is 0 Å². The molecule has 0 bridgehead atoms. The SMILES string of the molecule is [2H]c1c([2H])c([2H])c2c(c1[2H])Sc1c3c(cc4c1B2c1c([2H])c(-c2ccccc2)c([2H])c2c5c([2H])c([2H])c([2H])c([2H])c5n-4c12)N(c1c(-c2ccccc2)cc(C(C)(C)C)cc1-c1ccccc1)c1cc(C(C)(C)C)cc2c1B3c1c(cc3c4c1Sc1c([2H])c([2H])c([2H])c([2H])c1B4c1c([2H])c(-c4ccccc4)c([2H])c4c5c([2H])c([2H])c([2H])c([2H])c5n-3c14)N2c1c(-c2ccccc2)cc(C(C)(C)C)cc1-c1ccccc1. The molecule has 0 aliphatic carbocycles. The van der Waals surface area contributed by atoms with Gasteiger partial charge in [0.05, 0.1) is 49.8 Å². The van der Waals surface area contributed by atoms with Crippen LogP contribution in [0.15, 0.2) is 371 Å². The Hall–Kier alpha value is -13.2. The number of anilines is 6. The van der Waals surface area contributed by atoms with Crippen LogP contribution in [0.25, 0.3) is 122 Å². The van der Waals surface area contributed by atoms with Gasteiger partial charge >= 0.3 is 0 Å². The third kappa shape index (κ3) is 10.7. The maximum absolute atomic E-state index is 11.3. The Morgan fingerprint density at radius 1 is 0.268 bits per heavy atom. The van der Waals surface area contributed by atoms with Crippen LogP contribution in [-0.2, 0) is 16.2 Å². The van der Waals surface area contributed by atoms with Crippen molar-refractivity contribution in [3.63, 3.8) is 0 Å². The van der Waals surface area contributed by atoms with Gasteiger partial charge in [-0.05, 0) is 200 Å². The van der Waals surface area contributed by atoms with Gasteiger partial charge in [0.2, 0.25) is 13.4 Å². The Bertz CT molecular complexity index is 8410. The van der Waals surface area contributed by atoms with Crippen LogP contribution in [0.1, 0.15) is 106 Å².